The second-order valence-corrected chi connectivity index (χ2v) is 9.08. The second kappa shape index (κ2) is 13.9. The Balaban J connectivity index is 0.00000363. The molecule has 1 N–H and O–H groups in total. The molecule has 1 aromatic heterocycles. The van der Waals surface area contributed by atoms with Gasteiger partial charge in [0.1, 0.15) is 17.7 Å². The number of hydrogen-bond acceptors (Lipinski definition) is 5. The van der Waals surface area contributed by atoms with Crippen molar-refractivity contribution in [2.75, 3.05) is 32.9 Å². The number of aliphatic imine (C=N–C) groups is 1. The van der Waals surface area contributed by atoms with Crippen LogP contribution < -0.4 is 10.1 Å². The van der Waals surface area contributed by atoms with Gasteiger partial charge in [-0.15, -0.1) is 34.2 Å². The van der Waals surface area contributed by atoms with Gasteiger partial charge >= 0.3 is 0 Å². The number of para-hydroxylation sites is 1. The Morgan fingerprint density at radius 1 is 1.22 bits per heavy atom. The minimum absolute atomic E-state index is 0. The first-order chi connectivity index (χ1) is 15.1. The summed E-state index contributed by atoms with van der Waals surface area (Å²) in [6.07, 6.45) is 6.25. The smallest absolute Gasteiger partial charge is 0.193 e. The monoisotopic (exact) mass is 572 g/mol. The number of benzene rings is 1. The third-order valence-corrected chi connectivity index (χ3v) is 6.05. The van der Waals surface area contributed by atoms with Crippen molar-refractivity contribution in [3.8, 4) is 5.75 Å². The molecule has 1 fully saturated rings. The molecule has 2 aromatic rings. The van der Waals surface area contributed by atoms with Crippen molar-refractivity contribution in [1.82, 2.24) is 25.0 Å². The first kappa shape index (κ1) is 26.8. The zero-order chi connectivity index (χ0) is 22.1. The average Bonchev–Trinajstić information content (AvgIpc) is 3.16. The molecule has 1 aliphatic heterocycles. The highest BCUT2D eigenvalue weighted by Gasteiger charge is 2.22. The Labute approximate surface area is 213 Å². The van der Waals surface area contributed by atoms with Crippen molar-refractivity contribution in [2.45, 2.75) is 57.3 Å². The van der Waals surface area contributed by atoms with E-state index in [0.29, 0.717) is 5.92 Å². The molecule has 0 saturated carbocycles. The summed E-state index contributed by atoms with van der Waals surface area (Å²) in [4.78, 5) is 6.83. The molecule has 0 radical (unpaired) electrons. The van der Waals surface area contributed by atoms with Crippen molar-refractivity contribution in [2.24, 2.45) is 10.9 Å². The van der Waals surface area contributed by atoms with E-state index in [9.17, 15) is 0 Å². The molecular formula is C23H37IN6OS. The number of thioether (sulfide) groups is 1. The fraction of sp³-hybridized carbons (Fsp3) is 0.609. The number of ether oxygens (including phenoxy) is 1. The normalized spacial score (nSPS) is 15.0. The highest BCUT2D eigenvalue weighted by atomic mass is 127. The van der Waals surface area contributed by atoms with Crippen LogP contribution in [0.15, 0.2) is 40.5 Å². The molecule has 1 aliphatic rings. The number of aromatic nitrogens is 3. The molecular weight excluding hydrogens is 535 g/mol. The number of halogens is 1. The van der Waals surface area contributed by atoms with Crippen molar-refractivity contribution >= 4 is 41.7 Å². The van der Waals surface area contributed by atoms with E-state index in [1.165, 1.54) is 0 Å². The SMILES string of the molecule is CN=C(NCCCc1nnc(SC)n1CC(C)C)N1CCC(Oc2ccccc2)CC1.I. The van der Waals surface area contributed by atoms with Gasteiger partial charge < -0.3 is 19.5 Å². The molecule has 0 bridgehead atoms. The van der Waals surface area contributed by atoms with Crippen molar-refractivity contribution < 1.29 is 4.74 Å². The van der Waals surface area contributed by atoms with E-state index in [0.717, 1.165) is 74.6 Å². The fourth-order valence-electron chi connectivity index (χ4n) is 3.86. The van der Waals surface area contributed by atoms with Gasteiger partial charge in [0, 0.05) is 52.5 Å². The molecule has 3 rings (SSSR count). The van der Waals surface area contributed by atoms with E-state index < -0.39 is 0 Å². The van der Waals surface area contributed by atoms with E-state index in [2.05, 4.69) is 50.1 Å². The molecule has 0 atom stereocenters. The standard InChI is InChI=1S/C23H36N6OS.HI/c1-18(2)17-29-21(26-27-23(29)31-4)11-8-14-25-22(24-3)28-15-12-20(13-16-28)30-19-9-6-5-7-10-19;/h5-7,9-10,18,20H,8,11-17H2,1-4H3,(H,24,25);1H. The van der Waals surface area contributed by atoms with E-state index in [1.54, 1.807) is 11.8 Å². The van der Waals surface area contributed by atoms with Gasteiger partial charge in [0.25, 0.3) is 0 Å². The summed E-state index contributed by atoms with van der Waals surface area (Å²) in [5.41, 5.74) is 0. The minimum atomic E-state index is 0. The van der Waals surface area contributed by atoms with Gasteiger partial charge in [-0.1, -0.05) is 43.8 Å². The van der Waals surface area contributed by atoms with Crippen molar-refractivity contribution in [1.29, 1.82) is 0 Å². The van der Waals surface area contributed by atoms with E-state index in [-0.39, 0.29) is 30.1 Å². The second-order valence-electron chi connectivity index (χ2n) is 8.30. The van der Waals surface area contributed by atoms with Crippen LogP contribution >= 0.6 is 35.7 Å². The number of guanidine groups is 1. The number of hydrogen-bond donors (Lipinski definition) is 1. The Hall–Kier alpha value is -1.49. The Bertz CT molecular complexity index is 821. The van der Waals surface area contributed by atoms with Crippen LogP contribution in [0, 0.1) is 5.92 Å². The lowest BCUT2D eigenvalue weighted by Gasteiger charge is -2.34. The van der Waals surface area contributed by atoms with Crippen LogP contribution in [-0.2, 0) is 13.0 Å². The van der Waals surface area contributed by atoms with Crippen LogP contribution in [0.2, 0.25) is 0 Å². The van der Waals surface area contributed by atoms with Crippen LogP contribution in [0.25, 0.3) is 0 Å². The summed E-state index contributed by atoms with van der Waals surface area (Å²) in [6, 6.07) is 10.1. The van der Waals surface area contributed by atoms with E-state index >= 15 is 0 Å². The zero-order valence-corrected chi connectivity index (χ0v) is 22.8. The van der Waals surface area contributed by atoms with E-state index in [4.69, 9.17) is 4.74 Å². The van der Waals surface area contributed by atoms with Crippen molar-refractivity contribution in [3.63, 3.8) is 0 Å². The summed E-state index contributed by atoms with van der Waals surface area (Å²) < 4.78 is 8.38. The number of likely N-dealkylation sites (tertiary alicyclic amines) is 1. The highest BCUT2D eigenvalue weighted by molar-refractivity contribution is 14.0. The first-order valence-electron chi connectivity index (χ1n) is 11.2. The first-order valence-corrected chi connectivity index (χ1v) is 12.5. The number of aryl methyl sites for hydroxylation is 1. The molecule has 0 spiro atoms. The Kier molecular flexibility index (Phi) is 11.6. The van der Waals surface area contributed by atoms with Gasteiger partial charge in [-0.2, -0.15) is 0 Å². The van der Waals surface area contributed by atoms with Crippen LogP contribution in [0.5, 0.6) is 5.75 Å². The third-order valence-electron chi connectivity index (χ3n) is 5.38. The van der Waals surface area contributed by atoms with Gasteiger partial charge in [0.05, 0.1) is 0 Å². The van der Waals surface area contributed by atoms with Gasteiger partial charge in [-0.25, -0.2) is 0 Å². The fourth-order valence-corrected chi connectivity index (χ4v) is 4.38. The van der Waals surface area contributed by atoms with E-state index in [1.807, 2.05) is 37.4 Å². The van der Waals surface area contributed by atoms with Gasteiger partial charge in [0.2, 0.25) is 0 Å². The molecule has 178 valence electrons. The van der Waals surface area contributed by atoms with Crippen LogP contribution in [0.4, 0.5) is 0 Å². The number of nitrogens with zero attached hydrogens (tertiary/aromatic N) is 5. The molecule has 2 heterocycles. The molecule has 0 amide bonds. The number of piperidine rings is 1. The maximum absolute atomic E-state index is 6.11. The summed E-state index contributed by atoms with van der Waals surface area (Å²) in [6.45, 7) is 8.21. The molecule has 0 unspecified atom stereocenters. The Morgan fingerprint density at radius 2 is 1.94 bits per heavy atom. The molecule has 9 heteroatoms. The lowest BCUT2D eigenvalue weighted by molar-refractivity contribution is 0.129. The Morgan fingerprint density at radius 3 is 2.56 bits per heavy atom. The summed E-state index contributed by atoms with van der Waals surface area (Å²) in [5.74, 6) is 3.59. The predicted octanol–water partition coefficient (Wildman–Crippen LogP) is 4.33. The summed E-state index contributed by atoms with van der Waals surface area (Å²) in [5, 5.41) is 13.3. The molecule has 1 saturated heterocycles. The van der Waals surface area contributed by atoms with Gasteiger partial charge in [-0.3, -0.25) is 4.99 Å². The van der Waals surface area contributed by atoms with Crippen molar-refractivity contribution in [3.05, 3.63) is 36.2 Å². The summed E-state index contributed by atoms with van der Waals surface area (Å²) in [7, 11) is 1.86. The maximum Gasteiger partial charge on any atom is 0.193 e. The number of nitrogens with one attached hydrogen (secondary N) is 1. The maximum atomic E-state index is 6.11. The quantitative estimate of drug-likeness (QED) is 0.159. The lowest BCUT2D eigenvalue weighted by Crippen LogP contribution is -2.47. The third kappa shape index (κ3) is 7.83. The highest BCUT2D eigenvalue weighted by Crippen LogP contribution is 2.19. The topological polar surface area (TPSA) is 67.6 Å². The summed E-state index contributed by atoms with van der Waals surface area (Å²) >= 11 is 1.66. The van der Waals surface area contributed by atoms with Gasteiger partial charge in [-0.05, 0) is 30.7 Å². The molecule has 32 heavy (non-hydrogen) atoms. The predicted molar refractivity (Wildman–Crippen MR) is 143 cm³/mol. The number of rotatable bonds is 9. The average molecular weight is 573 g/mol. The van der Waals surface area contributed by atoms with Crippen LogP contribution in [0.1, 0.15) is 38.9 Å². The van der Waals surface area contributed by atoms with Crippen LogP contribution in [-0.4, -0.2) is 64.7 Å². The minimum Gasteiger partial charge on any atom is -0.490 e. The largest absolute Gasteiger partial charge is 0.490 e. The van der Waals surface area contributed by atoms with Gasteiger partial charge in [0.15, 0.2) is 11.1 Å². The van der Waals surface area contributed by atoms with Crippen LogP contribution in [0.3, 0.4) is 0 Å². The molecule has 1 aromatic carbocycles. The molecule has 0 aliphatic carbocycles. The zero-order valence-electron chi connectivity index (χ0n) is 19.7. The lowest BCUT2D eigenvalue weighted by atomic mass is 10.1. The molecule has 7 nitrogen and oxygen atoms in total.